The van der Waals surface area contributed by atoms with Crippen LogP contribution in [-0.2, 0) is 4.74 Å². The third-order valence-corrected chi connectivity index (χ3v) is 2.65. The van der Waals surface area contributed by atoms with Gasteiger partial charge in [0.25, 0.3) is 0 Å². The van der Waals surface area contributed by atoms with Gasteiger partial charge in [0.15, 0.2) is 0 Å². The number of hydrogen-bond donors (Lipinski definition) is 3. The van der Waals surface area contributed by atoms with Crippen molar-refractivity contribution in [2.45, 2.75) is 32.5 Å². The lowest BCUT2D eigenvalue weighted by atomic mass is 10.2. The highest BCUT2D eigenvalue weighted by atomic mass is 16.6. The van der Waals surface area contributed by atoms with Crippen LogP contribution < -0.4 is 15.4 Å². The number of ether oxygens (including phenoxy) is 2. The van der Waals surface area contributed by atoms with Crippen molar-refractivity contribution < 1.29 is 19.4 Å². The van der Waals surface area contributed by atoms with E-state index in [2.05, 4.69) is 10.6 Å². The Hall–Kier alpha value is -1.95. The van der Waals surface area contributed by atoms with Crippen LogP contribution in [0.25, 0.3) is 0 Å². The predicted octanol–water partition coefficient (Wildman–Crippen LogP) is 2.09. The van der Waals surface area contributed by atoms with E-state index in [1.54, 1.807) is 32.9 Å². The number of phenols is 1. The Morgan fingerprint density at radius 1 is 1.40 bits per heavy atom. The standard InChI is InChI=1S/C14H20N2O4/c1-14(2,3)20-13(18)16-11-6-9(4-5-12(11)17)19-10-7-15-8-10/h4-6,10,15,17H,7-8H2,1-3H3,(H,16,18). The van der Waals surface area contributed by atoms with Gasteiger partial charge >= 0.3 is 6.09 Å². The zero-order chi connectivity index (χ0) is 14.8. The second-order valence-corrected chi connectivity index (χ2v) is 5.70. The van der Waals surface area contributed by atoms with Gasteiger partial charge in [-0.25, -0.2) is 4.79 Å². The van der Waals surface area contributed by atoms with Gasteiger partial charge < -0.3 is 19.9 Å². The van der Waals surface area contributed by atoms with Crippen molar-refractivity contribution in [2.75, 3.05) is 18.4 Å². The minimum Gasteiger partial charge on any atom is -0.506 e. The predicted molar refractivity (Wildman–Crippen MR) is 75.2 cm³/mol. The van der Waals surface area contributed by atoms with Crippen molar-refractivity contribution in [3.8, 4) is 11.5 Å². The van der Waals surface area contributed by atoms with Gasteiger partial charge in [0, 0.05) is 19.2 Å². The Bertz CT molecular complexity index is 492. The lowest BCUT2D eigenvalue weighted by molar-refractivity contribution is 0.0635. The molecule has 6 heteroatoms. The molecule has 0 atom stereocenters. The number of rotatable bonds is 3. The van der Waals surface area contributed by atoms with Gasteiger partial charge in [-0.3, -0.25) is 5.32 Å². The largest absolute Gasteiger partial charge is 0.506 e. The maximum atomic E-state index is 11.7. The molecule has 3 N–H and O–H groups in total. The molecule has 1 heterocycles. The van der Waals surface area contributed by atoms with E-state index in [0.29, 0.717) is 5.75 Å². The molecule has 1 fully saturated rings. The molecule has 0 aromatic heterocycles. The van der Waals surface area contributed by atoms with Crippen LogP contribution in [0, 0.1) is 0 Å². The number of carbonyl (C=O) groups is 1. The SMILES string of the molecule is CC(C)(C)OC(=O)Nc1cc(OC2CNC2)ccc1O. The van der Waals surface area contributed by atoms with Crippen LogP contribution in [0.3, 0.4) is 0 Å². The fourth-order valence-electron chi connectivity index (χ4n) is 1.64. The van der Waals surface area contributed by atoms with Crippen molar-refractivity contribution in [3.63, 3.8) is 0 Å². The number of carbonyl (C=O) groups excluding carboxylic acids is 1. The lowest BCUT2D eigenvalue weighted by Crippen LogP contribution is -2.50. The molecule has 6 nitrogen and oxygen atoms in total. The van der Waals surface area contributed by atoms with Gasteiger partial charge in [-0.1, -0.05) is 0 Å². The average Bonchev–Trinajstić information content (AvgIpc) is 2.25. The van der Waals surface area contributed by atoms with E-state index < -0.39 is 11.7 Å². The third kappa shape index (κ3) is 4.03. The van der Waals surface area contributed by atoms with Crippen LogP contribution in [-0.4, -0.2) is 36.0 Å². The monoisotopic (exact) mass is 280 g/mol. The summed E-state index contributed by atoms with van der Waals surface area (Å²) < 4.78 is 10.8. The summed E-state index contributed by atoms with van der Waals surface area (Å²) in [7, 11) is 0. The van der Waals surface area contributed by atoms with Crippen molar-refractivity contribution in [1.29, 1.82) is 0 Å². The smallest absolute Gasteiger partial charge is 0.412 e. The number of benzene rings is 1. The third-order valence-electron chi connectivity index (χ3n) is 2.65. The van der Waals surface area contributed by atoms with Crippen molar-refractivity contribution >= 4 is 11.8 Å². The normalized spacial score (nSPS) is 15.3. The minimum absolute atomic E-state index is 0.0325. The highest BCUT2D eigenvalue weighted by Gasteiger charge is 2.20. The van der Waals surface area contributed by atoms with E-state index in [9.17, 15) is 9.90 Å². The average molecular weight is 280 g/mol. The fraction of sp³-hybridized carbons (Fsp3) is 0.500. The summed E-state index contributed by atoms with van der Waals surface area (Å²) in [5.74, 6) is 0.565. The van der Waals surface area contributed by atoms with Gasteiger partial charge in [-0.05, 0) is 32.9 Å². The number of amides is 1. The molecular formula is C14H20N2O4. The van der Waals surface area contributed by atoms with Crippen LogP contribution >= 0.6 is 0 Å². The summed E-state index contributed by atoms with van der Waals surface area (Å²) >= 11 is 0. The van der Waals surface area contributed by atoms with Crippen molar-refractivity contribution in [1.82, 2.24) is 5.32 Å². The molecule has 110 valence electrons. The molecule has 1 aromatic carbocycles. The second-order valence-electron chi connectivity index (χ2n) is 5.70. The van der Waals surface area contributed by atoms with Gasteiger partial charge in [-0.2, -0.15) is 0 Å². The van der Waals surface area contributed by atoms with Gasteiger partial charge in [-0.15, -0.1) is 0 Å². The zero-order valence-electron chi connectivity index (χ0n) is 11.9. The zero-order valence-corrected chi connectivity index (χ0v) is 11.9. The molecule has 20 heavy (non-hydrogen) atoms. The van der Waals surface area contributed by atoms with Gasteiger partial charge in [0.2, 0.25) is 0 Å². The summed E-state index contributed by atoms with van der Waals surface area (Å²) in [5, 5.41) is 15.4. The number of hydrogen-bond acceptors (Lipinski definition) is 5. The number of anilines is 1. The first kappa shape index (κ1) is 14.5. The van der Waals surface area contributed by atoms with Crippen LogP contribution in [0.4, 0.5) is 10.5 Å². The molecular weight excluding hydrogens is 260 g/mol. The Labute approximate surface area is 118 Å². The molecule has 0 spiro atoms. The number of aromatic hydroxyl groups is 1. The summed E-state index contributed by atoms with van der Waals surface area (Å²) in [4.78, 5) is 11.7. The second kappa shape index (κ2) is 5.58. The van der Waals surface area contributed by atoms with Crippen molar-refractivity contribution in [3.05, 3.63) is 18.2 Å². The maximum Gasteiger partial charge on any atom is 0.412 e. The first-order chi connectivity index (χ1) is 9.33. The molecule has 1 aliphatic rings. The lowest BCUT2D eigenvalue weighted by Gasteiger charge is -2.28. The highest BCUT2D eigenvalue weighted by molar-refractivity contribution is 5.87. The minimum atomic E-state index is -0.615. The summed E-state index contributed by atoms with van der Waals surface area (Å²) in [6, 6.07) is 4.72. The molecule has 1 aromatic rings. The van der Waals surface area contributed by atoms with E-state index in [4.69, 9.17) is 9.47 Å². The Morgan fingerprint density at radius 3 is 2.65 bits per heavy atom. The molecule has 0 unspecified atom stereocenters. The quantitative estimate of drug-likeness (QED) is 0.739. The Kier molecular flexibility index (Phi) is 4.04. The molecule has 1 saturated heterocycles. The molecule has 0 bridgehead atoms. The van der Waals surface area contributed by atoms with E-state index in [0.717, 1.165) is 13.1 Å². The topological polar surface area (TPSA) is 79.8 Å². The van der Waals surface area contributed by atoms with Crippen LogP contribution in [0.1, 0.15) is 20.8 Å². The van der Waals surface area contributed by atoms with E-state index in [-0.39, 0.29) is 17.5 Å². The van der Waals surface area contributed by atoms with Crippen LogP contribution in [0.2, 0.25) is 0 Å². The fourth-order valence-corrected chi connectivity index (χ4v) is 1.64. The molecule has 2 rings (SSSR count). The first-order valence-corrected chi connectivity index (χ1v) is 6.54. The summed E-state index contributed by atoms with van der Waals surface area (Å²) in [5.41, 5.74) is -0.324. The van der Waals surface area contributed by atoms with Crippen LogP contribution in [0.15, 0.2) is 18.2 Å². The number of phenolic OH excluding ortho intramolecular Hbond substituents is 1. The summed E-state index contributed by atoms with van der Waals surface area (Å²) in [6.07, 6.45) is -0.482. The van der Waals surface area contributed by atoms with E-state index >= 15 is 0 Å². The van der Waals surface area contributed by atoms with Crippen LogP contribution in [0.5, 0.6) is 11.5 Å². The number of nitrogens with one attached hydrogen (secondary N) is 2. The molecule has 1 aliphatic heterocycles. The van der Waals surface area contributed by atoms with Gasteiger partial charge in [0.05, 0.1) is 5.69 Å². The van der Waals surface area contributed by atoms with Crippen molar-refractivity contribution in [2.24, 2.45) is 0 Å². The Balaban J connectivity index is 2.02. The first-order valence-electron chi connectivity index (χ1n) is 6.54. The van der Waals surface area contributed by atoms with Gasteiger partial charge in [0.1, 0.15) is 23.2 Å². The van der Waals surface area contributed by atoms with E-state index in [1.165, 1.54) is 6.07 Å². The Morgan fingerprint density at radius 2 is 2.10 bits per heavy atom. The highest BCUT2D eigenvalue weighted by Crippen LogP contribution is 2.29. The summed E-state index contributed by atoms with van der Waals surface area (Å²) in [6.45, 7) is 6.92. The molecule has 0 aliphatic carbocycles. The maximum absolute atomic E-state index is 11.7. The molecule has 0 saturated carbocycles. The van der Waals surface area contributed by atoms with E-state index in [1.807, 2.05) is 0 Å². The molecule has 1 amide bonds. The molecule has 0 radical (unpaired) electrons.